The Balaban J connectivity index is 2.77. The molecule has 94 valence electrons. The summed E-state index contributed by atoms with van der Waals surface area (Å²) in [5.41, 5.74) is -0.256. The molecule has 4 nitrogen and oxygen atoms in total. The number of nitrogens with zero attached hydrogens (tertiary/aromatic N) is 1. The summed E-state index contributed by atoms with van der Waals surface area (Å²) < 4.78 is 13.4. The van der Waals surface area contributed by atoms with Crippen LogP contribution in [0.3, 0.4) is 0 Å². The lowest BCUT2D eigenvalue weighted by Gasteiger charge is -2.26. The van der Waals surface area contributed by atoms with E-state index in [-0.39, 0.29) is 17.9 Å². The Morgan fingerprint density at radius 2 is 2.12 bits per heavy atom. The minimum atomic E-state index is -0.575. The SMILES string of the molecule is CC(C)(C)ON(C=O)Cc1ccc(O)cc1F. The van der Waals surface area contributed by atoms with Gasteiger partial charge in [-0.2, -0.15) is 0 Å². The van der Waals surface area contributed by atoms with Gasteiger partial charge in [-0.05, 0) is 26.8 Å². The fourth-order valence-electron chi connectivity index (χ4n) is 1.28. The molecule has 1 rings (SSSR count). The van der Waals surface area contributed by atoms with E-state index in [1.807, 2.05) is 0 Å². The van der Waals surface area contributed by atoms with E-state index in [2.05, 4.69) is 0 Å². The van der Waals surface area contributed by atoms with Gasteiger partial charge in [0.15, 0.2) is 0 Å². The first kappa shape index (κ1) is 13.4. The van der Waals surface area contributed by atoms with Gasteiger partial charge in [0.05, 0.1) is 12.1 Å². The van der Waals surface area contributed by atoms with Gasteiger partial charge >= 0.3 is 0 Å². The van der Waals surface area contributed by atoms with Crippen LogP contribution >= 0.6 is 0 Å². The zero-order valence-electron chi connectivity index (χ0n) is 10.1. The number of phenols is 1. The Kier molecular flexibility index (Phi) is 4.07. The second-order valence-corrected chi connectivity index (χ2v) is 4.66. The zero-order valence-corrected chi connectivity index (χ0v) is 10.1. The van der Waals surface area contributed by atoms with Crippen molar-refractivity contribution < 1.29 is 19.1 Å². The van der Waals surface area contributed by atoms with Crippen LogP contribution in [0.4, 0.5) is 4.39 Å². The molecule has 0 atom stereocenters. The minimum Gasteiger partial charge on any atom is -0.508 e. The van der Waals surface area contributed by atoms with E-state index in [1.165, 1.54) is 12.1 Å². The van der Waals surface area contributed by atoms with Crippen molar-refractivity contribution in [3.63, 3.8) is 0 Å². The fraction of sp³-hybridized carbons (Fsp3) is 0.417. The lowest BCUT2D eigenvalue weighted by atomic mass is 10.2. The van der Waals surface area contributed by atoms with Crippen LogP contribution in [0, 0.1) is 5.82 Å². The predicted molar refractivity (Wildman–Crippen MR) is 60.5 cm³/mol. The normalized spacial score (nSPS) is 11.3. The van der Waals surface area contributed by atoms with Crippen LogP contribution in [-0.4, -0.2) is 22.2 Å². The van der Waals surface area contributed by atoms with Gasteiger partial charge in [0.2, 0.25) is 6.41 Å². The topological polar surface area (TPSA) is 49.8 Å². The molecule has 1 N–H and O–H groups in total. The van der Waals surface area contributed by atoms with Crippen molar-refractivity contribution in [1.82, 2.24) is 5.06 Å². The molecule has 0 heterocycles. The van der Waals surface area contributed by atoms with Crippen LogP contribution in [-0.2, 0) is 16.2 Å². The Morgan fingerprint density at radius 1 is 1.47 bits per heavy atom. The third kappa shape index (κ3) is 4.40. The average Bonchev–Trinajstić information content (AvgIpc) is 2.19. The predicted octanol–water partition coefficient (Wildman–Crippen LogP) is 2.22. The van der Waals surface area contributed by atoms with E-state index in [4.69, 9.17) is 9.94 Å². The molecule has 1 aromatic carbocycles. The summed E-state index contributed by atoms with van der Waals surface area (Å²) in [6.07, 6.45) is 0.498. The number of carbonyl (C=O) groups excluding carboxylic acids is 1. The van der Waals surface area contributed by atoms with Crippen molar-refractivity contribution in [2.24, 2.45) is 0 Å². The standard InChI is InChI=1S/C12H16FNO3/c1-12(2,3)17-14(8-15)7-9-4-5-10(16)6-11(9)13/h4-6,8,16H,7H2,1-3H3. The molecular formula is C12H16FNO3. The highest BCUT2D eigenvalue weighted by Gasteiger charge is 2.17. The molecule has 0 radical (unpaired) electrons. The van der Waals surface area contributed by atoms with Crippen LogP contribution < -0.4 is 0 Å². The van der Waals surface area contributed by atoms with E-state index >= 15 is 0 Å². The quantitative estimate of drug-likeness (QED) is 0.649. The molecule has 0 spiro atoms. The third-order valence-electron chi connectivity index (χ3n) is 1.87. The number of amides is 1. The summed E-state index contributed by atoms with van der Waals surface area (Å²) in [5, 5.41) is 10.1. The molecule has 17 heavy (non-hydrogen) atoms. The number of rotatable bonds is 4. The smallest absolute Gasteiger partial charge is 0.233 e. The van der Waals surface area contributed by atoms with E-state index in [0.717, 1.165) is 11.1 Å². The van der Waals surface area contributed by atoms with E-state index in [9.17, 15) is 9.18 Å². The van der Waals surface area contributed by atoms with Gasteiger partial charge in [0.1, 0.15) is 11.6 Å². The summed E-state index contributed by atoms with van der Waals surface area (Å²) in [6.45, 7) is 5.36. The molecule has 0 fully saturated rings. The summed E-state index contributed by atoms with van der Waals surface area (Å²) in [5.74, 6) is -0.727. The van der Waals surface area contributed by atoms with Gasteiger partial charge in [0, 0.05) is 11.6 Å². The van der Waals surface area contributed by atoms with Crippen LogP contribution in [0.25, 0.3) is 0 Å². The van der Waals surface area contributed by atoms with Crippen molar-refractivity contribution >= 4 is 6.41 Å². The fourth-order valence-corrected chi connectivity index (χ4v) is 1.28. The molecular weight excluding hydrogens is 225 g/mol. The first-order valence-corrected chi connectivity index (χ1v) is 5.20. The van der Waals surface area contributed by atoms with Gasteiger partial charge in [-0.1, -0.05) is 6.07 Å². The summed E-state index contributed by atoms with van der Waals surface area (Å²) in [6, 6.07) is 3.76. The minimum absolute atomic E-state index is 0.00706. The van der Waals surface area contributed by atoms with Crippen LogP contribution in [0.1, 0.15) is 26.3 Å². The highest BCUT2D eigenvalue weighted by molar-refractivity contribution is 5.45. The number of benzene rings is 1. The molecule has 1 aromatic rings. The molecule has 5 heteroatoms. The van der Waals surface area contributed by atoms with Crippen LogP contribution in [0.5, 0.6) is 5.75 Å². The molecule has 0 aromatic heterocycles. The number of carbonyl (C=O) groups is 1. The van der Waals surface area contributed by atoms with Gasteiger partial charge < -0.3 is 5.11 Å². The zero-order chi connectivity index (χ0) is 13.1. The number of hydrogen-bond acceptors (Lipinski definition) is 3. The van der Waals surface area contributed by atoms with Crippen LogP contribution in [0.2, 0.25) is 0 Å². The number of phenolic OH excluding ortho intramolecular Hbond substituents is 1. The van der Waals surface area contributed by atoms with E-state index in [0.29, 0.717) is 6.41 Å². The number of halogens is 1. The number of hydrogen-bond donors (Lipinski definition) is 1. The monoisotopic (exact) mass is 241 g/mol. The Morgan fingerprint density at radius 3 is 2.59 bits per heavy atom. The third-order valence-corrected chi connectivity index (χ3v) is 1.87. The summed E-state index contributed by atoms with van der Waals surface area (Å²) >= 11 is 0. The lowest BCUT2D eigenvalue weighted by Crippen LogP contribution is -2.32. The van der Waals surface area contributed by atoms with Gasteiger partial charge in [-0.3, -0.25) is 9.63 Å². The van der Waals surface area contributed by atoms with Crippen molar-refractivity contribution in [3.05, 3.63) is 29.6 Å². The molecule has 0 aliphatic rings. The van der Waals surface area contributed by atoms with E-state index in [1.54, 1.807) is 20.8 Å². The molecule has 0 unspecified atom stereocenters. The van der Waals surface area contributed by atoms with Gasteiger partial charge in [0.25, 0.3) is 0 Å². The molecule has 0 aliphatic carbocycles. The van der Waals surface area contributed by atoms with Crippen molar-refractivity contribution in [2.45, 2.75) is 32.9 Å². The molecule has 1 amide bonds. The maximum Gasteiger partial charge on any atom is 0.233 e. The van der Waals surface area contributed by atoms with Crippen molar-refractivity contribution in [1.29, 1.82) is 0 Å². The second kappa shape index (κ2) is 5.14. The number of hydroxylamine groups is 2. The molecule has 0 saturated heterocycles. The number of aromatic hydroxyl groups is 1. The Hall–Kier alpha value is -1.62. The molecule has 0 bridgehead atoms. The Labute approximate surface area is 99.6 Å². The maximum absolute atomic E-state index is 13.4. The molecule has 0 aliphatic heterocycles. The van der Waals surface area contributed by atoms with E-state index < -0.39 is 11.4 Å². The van der Waals surface area contributed by atoms with Gasteiger partial charge in [-0.15, -0.1) is 0 Å². The highest BCUT2D eigenvalue weighted by Crippen LogP contribution is 2.18. The average molecular weight is 241 g/mol. The lowest BCUT2D eigenvalue weighted by molar-refractivity contribution is -0.220. The summed E-state index contributed by atoms with van der Waals surface area (Å²) in [4.78, 5) is 16.1. The summed E-state index contributed by atoms with van der Waals surface area (Å²) in [7, 11) is 0. The molecule has 0 saturated carbocycles. The highest BCUT2D eigenvalue weighted by atomic mass is 19.1. The maximum atomic E-state index is 13.4. The second-order valence-electron chi connectivity index (χ2n) is 4.66. The van der Waals surface area contributed by atoms with Crippen LogP contribution in [0.15, 0.2) is 18.2 Å². The Bertz CT molecular complexity index is 401. The first-order valence-electron chi connectivity index (χ1n) is 5.20. The van der Waals surface area contributed by atoms with Crippen molar-refractivity contribution in [2.75, 3.05) is 0 Å². The van der Waals surface area contributed by atoms with Crippen molar-refractivity contribution in [3.8, 4) is 5.75 Å². The first-order chi connectivity index (χ1) is 7.81. The van der Waals surface area contributed by atoms with Gasteiger partial charge in [-0.25, -0.2) is 9.45 Å². The largest absolute Gasteiger partial charge is 0.508 e.